The van der Waals surface area contributed by atoms with Crippen molar-refractivity contribution in [2.24, 2.45) is 0 Å². The van der Waals surface area contributed by atoms with Crippen molar-refractivity contribution >= 4 is 5.91 Å². The second kappa shape index (κ2) is 7.77. The molecule has 0 saturated carbocycles. The largest absolute Gasteiger partial charge is 0.352 e. The van der Waals surface area contributed by atoms with Crippen LogP contribution in [-0.2, 0) is 17.8 Å². The number of nitrogens with one attached hydrogen (secondary N) is 2. The van der Waals surface area contributed by atoms with Crippen LogP contribution in [0.3, 0.4) is 0 Å². The van der Waals surface area contributed by atoms with Crippen LogP contribution in [0.1, 0.15) is 70.7 Å². The van der Waals surface area contributed by atoms with E-state index in [2.05, 4.69) is 41.2 Å². The molecule has 0 fully saturated rings. The van der Waals surface area contributed by atoms with Crippen molar-refractivity contribution < 1.29 is 4.79 Å². The first-order valence-electron chi connectivity index (χ1n) is 8.67. The van der Waals surface area contributed by atoms with E-state index in [9.17, 15) is 4.79 Å². The number of carbonyl (C=O) groups is 1. The smallest absolute Gasteiger partial charge is 0.237 e. The Kier molecular flexibility index (Phi) is 6.00. The van der Waals surface area contributed by atoms with Gasteiger partial charge in [-0.2, -0.15) is 5.10 Å². The monoisotopic (exact) mass is 306 g/mol. The van der Waals surface area contributed by atoms with Crippen molar-refractivity contribution in [2.45, 2.75) is 84.5 Å². The van der Waals surface area contributed by atoms with Crippen LogP contribution in [0.15, 0.2) is 6.20 Å². The zero-order chi connectivity index (χ0) is 16.1. The predicted octanol–water partition coefficient (Wildman–Crippen LogP) is 2.56. The fraction of sp³-hybridized carbons (Fsp3) is 0.765. The first-order valence-corrected chi connectivity index (χ1v) is 8.67. The summed E-state index contributed by atoms with van der Waals surface area (Å²) in [6.07, 6.45) is 7.40. The van der Waals surface area contributed by atoms with Gasteiger partial charge in [-0.05, 0) is 46.5 Å². The standard InChI is InChI=1S/C17H30N4O/c1-5-8-12(3)19-17(22)13(4)20-15-9-7-10-16-14(15)11-18-21(16)6-2/h11-13,15,20H,5-10H2,1-4H3,(H,19,22). The molecule has 1 aliphatic rings. The molecule has 3 atom stereocenters. The first-order chi connectivity index (χ1) is 10.6. The number of hydrogen-bond donors (Lipinski definition) is 2. The number of nitrogens with zero attached hydrogens (tertiary/aromatic N) is 2. The normalized spacial score (nSPS) is 20.3. The second-order valence-electron chi connectivity index (χ2n) is 6.39. The van der Waals surface area contributed by atoms with Gasteiger partial charge in [0.05, 0.1) is 12.2 Å². The molecule has 0 aromatic carbocycles. The Hall–Kier alpha value is -1.36. The molecule has 1 heterocycles. The third-order valence-corrected chi connectivity index (χ3v) is 4.52. The lowest BCUT2D eigenvalue weighted by molar-refractivity contribution is -0.123. The van der Waals surface area contributed by atoms with Crippen LogP contribution >= 0.6 is 0 Å². The minimum atomic E-state index is -0.180. The summed E-state index contributed by atoms with van der Waals surface area (Å²) in [7, 11) is 0. The van der Waals surface area contributed by atoms with Crippen molar-refractivity contribution in [2.75, 3.05) is 0 Å². The van der Waals surface area contributed by atoms with Crippen LogP contribution < -0.4 is 10.6 Å². The summed E-state index contributed by atoms with van der Waals surface area (Å²) in [6.45, 7) is 9.19. The van der Waals surface area contributed by atoms with Gasteiger partial charge in [-0.3, -0.25) is 14.8 Å². The number of aromatic nitrogens is 2. The Bertz CT molecular complexity index is 497. The quantitative estimate of drug-likeness (QED) is 0.814. The molecule has 0 bridgehead atoms. The highest BCUT2D eigenvalue weighted by atomic mass is 16.2. The minimum absolute atomic E-state index is 0.0935. The summed E-state index contributed by atoms with van der Waals surface area (Å²) in [4.78, 5) is 12.3. The molecule has 2 N–H and O–H groups in total. The summed E-state index contributed by atoms with van der Waals surface area (Å²) in [5, 5.41) is 11.1. The zero-order valence-electron chi connectivity index (χ0n) is 14.4. The molecule has 3 unspecified atom stereocenters. The summed E-state index contributed by atoms with van der Waals surface area (Å²) in [5.41, 5.74) is 2.60. The maximum absolute atomic E-state index is 12.3. The zero-order valence-corrected chi connectivity index (χ0v) is 14.4. The molecule has 1 aromatic rings. The van der Waals surface area contributed by atoms with E-state index in [0.717, 1.165) is 38.6 Å². The number of amides is 1. The van der Waals surface area contributed by atoms with E-state index in [-0.39, 0.29) is 24.0 Å². The Morgan fingerprint density at radius 3 is 2.91 bits per heavy atom. The van der Waals surface area contributed by atoms with Crippen molar-refractivity contribution in [3.63, 3.8) is 0 Å². The fourth-order valence-electron chi connectivity index (χ4n) is 3.31. The van der Waals surface area contributed by atoms with Crippen LogP contribution in [0.4, 0.5) is 0 Å². The van der Waals surface area contributed by atoms with E-state index in [0.29, 0.717) is 0 Å². The van der Waals surface area contributed by atoms with Crippen LogP contribution in [0.2, 0.25) is 0 Å². The fourth-order valence-corrected chi connectivity index (χ4v) is 3.31. The highest BCUT2D eigenvalue weighted by Gasteiger charge is 2.26. The summed E-state index contributed by atoms with van der Waals surface area (Å²) >= 11 is 0. The van der Waals surface area contributed by atoms with E-state index in [1.54, 1.807) is 0 Å². The van der Waals surface area contributed by atoms with E-state index in [1.165, 1.54) is 11.3 Å². The topological polar surface area (TPSA) is 59.0 Å². The molecule has 1 amide bonds. The van der Waals surface area contributed by atoms with Gasteiger partial charge in [0.1, 0.15) is 0 Å². The molecule has 0 aliphatic heterocycles. The van der Waals surface area contributed by atoms with Crippen LogP contribution in [0.25, 0.3) is 0 Å². The summed E-state index contributed by atoms with van der Waals surface area (Å²) in [5.74, 6) is 0.0935. The highest BCUT2D eigenvalue weighted by molar-refractivity contribution is 5.81. The third-order valence-electron chi connectivity index (χ3n) is 4.52. The number of aryl methyl sites for hydroxylation is 1. The number of hydrogen-bond acceptors (Lipinski definition) is 3. The molecule has 2 rings (SSSR count). The van der Waals surface area contributed by atoms with E-state index >= 15 is 0 Å². The van der Waals surface area contributed by atoms with Crippen molar-refractivity contribution in [1.82, 2.24) is 20.4 Å². The average molecular weight is 306 g/mol. The molecule has 1 aliphatic carbocycles. The molecule has 1 aromatic heterocycles. The Balaban J connectivity index is 1.96. The molecule has 5 nitrogen and oxygen atoms in total. The van der Waals surface area contributed by atoms with Gasteiger partial charge in [0, 0.05) is 29.9 Å². The molecule has 124 valence electrons. The first kappa shape index (κ1) is 17.0. The maximum Gasteiger partial charge on any atom is 0.237 e. The van der Waals surface area contributed by atoms with Gasteiger partial charge < -0.3 is 5.32 Å². The third kappa shape index (κ3) is 3.88. The predicted molar refractivity (Wildman–Crippen MR) is 88.7 cm³/mol. The van der Waals surface area contributed by atoms with Gasteiger partial charge >= 0.3 is 0 Å². The Labute approximate surface area is 133 Å². The molecular formula is C17H30N4O. The van der Waals surface area contributed by atoms with Gasteiger partial charge in [-0.1, -0.05) is 13.3 Å². The van der Waals surface area contributed by atoms with Gasteiger partial charge in [0.2, 0.25) is 5.91 Å². The average Bonchev–Trinajstić information content (AvgIpc) is 2.91. The Morgan fingerprint density at radius 1 is 1.45 bits per heavy atom. The van der Waals surface area contributed by atoms with Crippen molar-refractivity contribution in [3.05, 3.63) is 17.5 Å². The number of fused-ring (bicyclic) bond motifs is 1. The molecule has 0 radical (unpaired) electrons. The van der Waals surface area contributed by atoms with Gasteiger partial charge in [-0.25, -0.2) is 0 Å². The minimum Gasteiger partial charge on any atom is -0.352 e. The van der Waals surface area contributed by atoms with Crippen molar-refractivity contribution in [1.29, 1.82) is 0 Å². The molecule has 0 spiro atoms. The maximum atomic E-state index is 12.3. The molecule has 22 heavy (non-hydrogen) atoms. The number of rotatable bonds is 7. The van der Waals surface area contributed by atoms with E-state index in [4.69, 9.17) is 0 Å². The van der Waals surface area contributed by atoms with E-state index < -0.39 is 0 Å². The summed E-state index contributed by atoms with van der Waals surface area (Å²) in [6, 6.07) is 0.304. The van der Waals surface area contributed by atoms with Crippen LogP contribution in [0.5, 0.6) is 0 Å². The lowest BCUT2D eigenvalue weighted by atomic mass is 9.92. The van der Waals surface area contributed by atoms with Crippen LogP contribution in [-0.4, -0.2) is 27.8 Å². The van der Waals surface area contributed by atoms with Crippen LogP contribution in [0, 0.1) is 0 Å². The highest BCUT2D eigenvalue weighted by Crippen LogP contribution is 2.29. The molecular weight excluding hydrogens is 276 g/mol. The van der Waals surface area contributed by atoms with Gasteiger partial charge in [0.15, 0.2) is 0 Å². The SMILES string of the molecule is CCCC(C)NC(=O)C(C)NC1CCCc2c1cnn2CC. The molecule has 0 saturated heterocycles. The summed E-state index contributed by atoms with van der Waals surface area (Å²) < 4.78 is 2.08. The van der Waals surface area contributed by atoms with Gasteiger partial charge in [0.25, 0.3) is 0 Å². The van der Waals surface area contributed by atoms with Gasteiger partial charge in [-0.15, -0.1) is 0 Å². The second-order valence-corrected chi connectivity index (χ2v) is 6.39. The van der Waals surface area contributed by atoms with Crippen molar-refractivity contribution in [3.8, 4) is 0 Å². The van der Waals surface area contributed by atoms with E-state index in [1.807, 2.05) is 13.1 Å². The number of carbonyl (C=O) groups excluding carboxylic acids is 1. The molecule has 5 heteroatoms. The lowest BCUT2D eigenvalue weighted by Gasteiger charge is -2.27. The Morgan fingerprint density at radius 2 is 2.23 bits per heavy atom. The lowest BCUT2D eigenvalue weighted by Crippen LogP contribution is -2.46.